The van der Waals surface area contributed by atoms with E-state index in [1.54, 1.807) is 60.6 Å². The van der Waals surface area contributed by atoms with Crippen molar-refractivity contribution in [1.82, 2.24) is 19.9 Å². The number of carbonyl (C=O) groups is 3. The number of nitrogens with zero attached hydrogens (tertiary/aromatic N) is 5. The van der Waals surface area contributed by atoms with E-state index in [0.29, 0.717) is 33.8 Å². The van der Waals surface area contributed by atoms with Crippen LogP contribution in [-0.4, -0.2) is 43.4 Å². The van der Waals surface area contributed by atoms with Crippen LogP contribution in [-0.2, 0) is 45.9 Å². The summed E-state index contributed by atoms with van der Waals surface area (Å²) in [7, 11) is 0. The first-order valence-corrected chi connectivity index (χ1v) is 23.1. The summed E-state index contributed by atoms with van der Waals surface area (Å²) in [5.41, 5.74) is 8.61. The molecule has 3 atom stereocenters. The number of fused-ring (bicyclic) bond motifs is 6. The van der Waals surface area contributed by atoms with E-state index in [4.69, 9.17) is 20.4 Å². The Morgan fingerprint density at radius 1 is 0.704 bits per heavy atom. The molecule has 0 saturated heterocycles. The zero-order valence-electron chi connectivity index (χ0n) is 40.6. The van der Waals surface area contributed by atoms with Gasteiger partial charge in [-0.3, -0.25) is 14.9 Å². The van der Waals surface area contributed by atoms with Crippen molar-refractivity contribution in [3.05, 3.63) is 105 Å². The van der Waals surface area contributed by atoms with Crippen molar-refractivity contribution >= 4 is 74.1 Å². The average Bonchev–Trinajstić information content (AvgIpc) is 3.92. The van der Waals surface area contributed by atoms with Gasteiger partial charge in [0.05, 0.1) is 40.3 Å². The molecule has 0 bridgehead atoms. The number of hydrogen-bond donors (Lipinski definition) is 5. The van der Waals surface area contributed by atoms with E-state index in [9.17, 15) is 27.6 Å². The molecule has 2 aliphatic rings. The number of ether oxygens (including phenoxy) is 1. The Kier molecular flexibility index (Phi) is 13.1. The second kappa shape index (κ2) is 18.5. The van der Waals surface area contributed by atoms with Crippen LogP contribution in [0.5, 0.6) is 0 Å². The van der Waals surface area contributed by atoms with Gasteiger partial charge in [0.1, 0.15) is 28.9 Å². The minimum absolute atomic E-state index is 0.0597. The summed E-state index contributed by atoms with van der Waals surface area (Å²) in [6.07, 6.45) is -7.48. The first-order valence-electron chi connectivity index (χ1n) is 23.1. The molecule has 4 aromatic carbocycles. The van der Waals surface area contributed by atoms with Crippen molar-refractivity contribution in [1.29, 1.82) is 0 Å². The highest BCUT2D eigenvalue weighted by Crippen LogP contribution is 2.48. The van der Waals surface area contributed by atoms with Gasteiger partial charge < -0.3 is 31.3 Å². The summed E-state index contributed by atoms with van der Waals surface area (Å²) >= 11 is 0. The van der Waals surface area contributed by atoms with E-state index >= 15 is 13.2 Å². The van der Waals surface area contributed by atoms with Gasteiger partial charge in [-0.05, 0) is 157 Å². The van der Waals surface area contributed by atoms with Crippen LogP contribution in [0.1, 0.15) is 136 Å². The lowest BCUT2D eigenvalue weighted by Crippen LogP contribution is -2.33. The van der Waals surface area contributed by atoms with Crippen molar-refractivity contribution in [2.75, 3.05) is 31.9 Å². The number of alkyl halides is 6. The predicted octanol–water partition coefficient (Wildman–Crippen LogP) is 12.0. The maximum Gasteiger partial charge on any atom is 0.416 e. The van der Waals surface area contributed by atoms with Gasteiger partial charge in [-0.15, -0.1) is 0 Å². The molecule has 6 aromatic rings. The quantitative estimate of drug-likeness (QED) is 0.0649. The Bertz CT molecular complexity index is 3150. The van der Waals surface area contributed by atoms with Gasteiger partial charge >= 0.3 is 18.4 Å². The lowest BCUT2D eigenvalue weighted by molar-refractivity contribution is -0.138. The third-order valence-electron chi connectivity index (χ3n) is 12.6. The Hall–Kier alpha value is -7.25. The van der Waals surface area contributed by atoms with Crippen LogP contribution in [0.2, 0.25) is 0 Å². The van der Waals surface area contributed by atoms with Crippen LogP contribution in [0.25, 0.3) is 21.8 Å². The molecule has 374 valence electrons. The lowest BCUT2D eigenvalue weighted by atomic mass is 9.97. The SMILES string of the molecule is CC(=O)Nc1cc([C@@H](C)Nc2nc(C)nc3c4c(c(NC(=O)OC(C)(C)C)cc23)CCC4N(C(C)=O)c2cc([C@@H](C)Nc3nc(C)nc4c5c(c(N)cc34)CCC5)cc(C(F)(F)F)c2)cc(C(F)(F)F)c1. The highest BCUT2D eigenvalue weighted by molar-refractivity contribution is 6.02. The Morgan fingerprint density at radius 3 is 1.85 bits per heavy atom. The molecule has 2 aliphatic carbocycles. The molecular formula is C51H54F6N10O4. The fraction of sp³-hybridized carbons (Fsp3) is 0.392. The Labute approximate surface area is 405 Å². The van der Waals surface area contributed by atoms with E-state index in [1.165, 1.54) is 30.9 Å². The fourth-order valence-corrected chi connectivity index (χ4v) is 9.70. The van der Waals surface area contributed by atoms with E-state index in [-0.39, 0.29) is 63.6 Å². The van der Waals surface area contributed by atoms with E-state index in [1.807, 2.05) is 0 Å². The maximum absolute atomic E-state index is 15.0. The van der Waals surface area contributed by atoms with Gasteiger partial charge in [0.25, 0.3) is 0 Å². The number of nitrogens with one attached hydrogen (secondary N) is 4. The molecule has 0 fully saturated rings. The number of carbonyl (C=O) groups excluding carboxylic acids is 3. The monoisotopic (exact) mass is 984 g/mol. The normalized spacial score (nSPS) is 15.5. The lowest BCUT2D eigenvalue weighted by Gasteiger charge is -2.31. The van der Waals surface area contributed by atoms with Crippen molar-refractivity contribution < 1.29 is 45.5 Å². The topological polar surface area (TPSA) is 189 Å². The number of amides is 3. The summed E-state index contributed by atoms with van der Waals surface area (Å²) in [4.78, 5) is 59.6. The molecule has 3 amide bonds. The largest absolute Gasteiger partial charge is 0.444 e. The molecule has 20 heteroatoms. The number of aromatic nitrogens is 4. The second-order valence-electron chi connectivity index (χ2n) is 19.3. The number of nitrogen functional groups attached to an aromatic ring is 1. The average molecular weight is 985 g/mol. The third kappa shape index (κ3) is 10.5. The molecule has 0 radical (unpaired) electrons. The molecule has 0 spiro atoms. The highest BCUT2D eigenvalue weighted by atomic mass is 19.4. The summed E-state index contributed by atoms with van der Waals surface area (Å²) < 4.78 is 93.1. The summed E-state index contributed by atoms with van der Waals surface area (Å²) in [6, 6.07) is 7.41. The molecule has 0 aliphatic heterocycles. The van der Waals surface area contributed by atoms with Gasteiger partial charge in [0.15, 0.2) is 0 Å². The third-order valence-corrected chi connectivity index (χ3v) is 12.6. The number of nitrogens with two attached hydrogens (primary N) is 1. The molecule has 14 nitrogen and oxygen atoms in total. The van der Waals surface area contributed by atoms with Gasteiger partial charge in [-0.1, -0.05) is 0 Å². The van der Waals surface area contributed by atoms with Gasteiger partial charge in [-0.25, -0.2) is 24.7 Å². The zero-order chi connectivity index (χ0) is 51.6. The maximum atomic E-state index is 15.0. The summed E-state index contributed by atoms with van der Waals surface area (Å²) in [6.45, 7) is 14.1. The van der Waals surface area contributed by atoms with Gasteiger partial charge in [-0.2, -0.15) is 26.3 Å². The molecule has 2 aromatic heterocycles. The number of hydrogen-bond acceptors (Lipinski definition) is 11. The van der Waals surface area contributed by atoms with Gasteiger partial charge in [0.2, 0.25) is 11.8 Å². The standard InChI is InChI=1S/C51H54F6N10O4/c1-23(29-15-31(50(52,53)54)19-33(17-29)65-27(5)68)59-47-39-22-41(66-48(70)71-49(7,8)9)37-13-14-42(43(37)45(39)62-26(4)64-47)67(28(6)69)34-18-30(16-32(20-34)51(55,56)57)24(2)60-46-38-21-40(58)35-11-10-12-36(35)44(38)61-25(3)63-46/h15-24,42H,10-14,58H2,1-9H3,(H,65,68)(H,66,70)(H,59,62,64)(H,60,61,63)/t23-,24-,42?/m1/s1. The molecule has 0 saturated carbocycles. The predicted molar refractivity (Wildman–Crippen MR) is 260 cm³/mol. The molecule has 71 heavy (non-hydrogen) atoms. The number of benzene rings is 4. The number of anilines is 6. The van der Waals surface area contributed by atoms with Crippen LogP contribution in [0, 0.1) is 13.8 Å². The molecule has 6 N–H and O–H groups in total. The van der Waals surface area contributed by atoms with Gasteiger partial charge in [0, 0.05) is 52.9 Å². The van der Waals surface area contributed by atoms with Crippen LogP contribution >= 0.6 is 0 Å². The fourth-order valence-electron chi connectivity index (χ4n) is 9.70. The second-order valence-corrected chi connectivity index (χ2v) is 19.3. The van der Waals surface area contributed by atoms with E-state index < -0.39 is 65.1 Å². The van der Waals surface area contributed by atoms with Crippen LogP contribution in [0.3, 0.4) is 0 Å². The minimum Gasteiger partial charge on any atom is -0.444 e. The molecule has 2 heterocycles. The Morgan fingerprint density at radius 2 is 1.27 bits per heavy atom. The van der Waals surface area contributed by atoms with Crippen LogP contribution in [0.15, 0.2) is 48.5 Å². The summed E-state index contributed by atoms with van der Waals surface area (Å²) in [5, 5.41) is 12.7. The zero-order valence-corrected chi connectivity index (χ0v) is 40.6. The molecular weight excluding hydrogens is 931 g/mol. The van der Waals surface area contributed by atoms with Crippen molar-refractivity contribution in [2.45, 2.75) is 130 Å². The van der Waals surface area contributed by atoms with Crippen molar-refractivity contribution in [3.8, 4) is 0 Å². The van der Waals surface area contributed by atoms with E-state index in [0.717, 1.165) is 60.2 Å². The Balaban J connectivity index is 1.25. The van der Waals surface area contributed by atoms with Crippen molar-refractivity contribution in [3.63, 3.8) is 0 Å². The first-order chi connectivity index (χ1) is 33.1. The smallest absolute Gasteiger partial charge is 0.416 e. The highest BCUT2D eigenvalue weighted by Gasteiger charge is 2.39. The number of aryl methyl sites for hydroxylation is 3. The molecule has 8 rings (SSSR count). The first kappa shape index (κ1) is 50.1. The van der Waals surface area contributed by atoms with Crippen LogP contribution in [0.4, 0.5) is 65.5 Å². The summed E-state index contributed by atoms with van der Waals surface area (Å²) in [5.74, 6) is 0.0317. The molecule has 1 unspecified atom stereocenters. The van der Waals surface area contributed by atoms with Crippen LogP contribution < -0.4 is 31.9 Å². The van der Waals surface area contributed by atoms with E-state index in [2.05, 4.69) is 31.2 Å². The minimum atomic E-state index is -4.84. The number of rotatable bonds is 10. The van der Waals surface area contributed by atoms with Crippen molar-refractivity contribution in [2.24, 2.45) is 0 Å². The number of halogens is 6.